The van der Waals surface area contributed by atoms with Crippen LogP contribution < -0.4 is 4.90 Å². The summed E-state index contributed by atoms with van der Waals surface area (Å²) in [5.74, 6) is 0.912. The van der Waals surface area contributed by atoms with E-state index < -0.39 is 0 Å². The van der Waals surface area contributed by atoms with E-state index in [0.29, 0.717) is 26.3 Å². The number of morpholine rings is 1. The number of rotatable bonds is 5. The minimum absolute atomic E-state index is 0.0335. The molecule has 1 saturated heterocycles. The summed E-state index contributed by atoms with van der Waals surface area (Å²) in [5.41, 5.74) is 4.26. The summed E-state index contributed by atoms with van der Waals surface area (Å²) in [7, 11) is 0. The molecule has 1 amide bonds. The highest BCUT2D eigenvalue weighted by molar-refractivity contribution is 5.95. The molecule has 1 fully saturated rings. The third-order valence-corrected chi connectivity index (χ3v) is 6.28. The molecule has 1 atom stereocenters. The number of hydrogen-bond acceptors (Lipinski definition) is 5. The highest BCUT2D eigenvalue weighted by Gasteiger charge is 2.33. The van der Waals surface area contributed by atoms with Crippen LogP contribution in [-0.4, -0.2) is 58.4 Å². The molecule has 7 nitrogen and oxygen atoms in total. The molecule has 3 aromatic rings. The molecular formula is C25H29N5O2. The Bertz CT molecular complexity index is 1090. The molecular weight excluding hydrogens is 402 g/mol. The molecule has 2 aromatic carbocycles. The average molecular weight is 432 g/mol. The van der Waals surface area contributed by atoms with Crippen molar-refractivity contribution in [2.45, 2.75) is 32.4 Å². The molecule has 7 heteroatoms. The Morgan fingerprint density at radius 3 is 2.62 bits per heavy atom. The van der Waals surface area contributed by atoms with Gasteiger partial charge in [0.05, 0.1) is 19.1 Å². The number of ether oxygens (including phenoxy) is 1. The first-order valence-electron chi connectivity index (χ1n) is 11.3. The molecule has 0 N–H and O–H groups in total. The smallest absolute Gasteiger partial charge is 0.254 e. The first-order chi connectivity index (χ1) is 15.6. The average Bonchev–Trinajstić information content (AvgIpc) is 3.45. The minimum Gasteiger partial charge on any atom is -0.378 e. The Balaban J connectivity index is 1.49. The fourth-order valence-electron chi connectivity index (χ4n) is 4.49. The van der Waals surface area contributed by atoms with Gasteiger partial charge in [-0.2, -0.15) is 5.10 Å². The maximum absolute atomic E-state index is 13.1. The van der Waals surface area contributed by atoms with E-state index in [2.05, 4.69) is 60.1 Å². The largest absolute Gasteiger partial charge is 0.378 e. The highest BCUT2D eigenvalue weighted by Crippen LogP contribution is 2.40. The number of nitrogens with zero attached hydrogens (tertiary/aromatic N) is 5. The van der Waals surface area contributed by atoms with Crippen LogP contribution in [-0.2, 0) is 11.3 Å². The SMILES string of the molecule is CC(C)n1cnc([C@H]2CN(Cc3ccccc3)c3ccc(C(=O)N4CCOCC4)cc32)n1. The van der Waals surface area contributed by atoms with E-state index in [1.54, 1.807) is 0 Å². The van der Waals surface area contributed by atoms with E-state index in [4.69, 9.17) is 9.84 Å². The van der Waals surface area contributed by atoms with Crippen molar-refractivity contribution in [1.29, 1.82) is 0 Å². The fourth-order valence-corrected chi connectivity index (χ4v) is 4.49. The van der Waals surface area contributed by atoms with Crippen LogP contribution in [0.4, 0.5) is 5.69 Å². The summed E-state index contributed by atoms with van der Waals surface area (Å²) in [6.07, 6.45) is 1.81. The van der Waals surface area contributed by atoms with Crippen LogP contribution in [0.15, 0.2) is 54.9 Å². The van der Waals surface area contributed by atoms with Crippen molar-refractivity contribution in [3.63, 3.8) is 0 Å². The topological polar surface area (TPSA) is 63.5 Å². The second kappa shape index (κ2) is 8.74. The van der Waals surface area contributed by atoms with E-state index in [-0.39, 0.29) is 17.9 Å². The van der Waals surface area contributed by atoms with E-state index in [1.807, 2.05) is 28.0 Å². The van der Waals surface area contributed by atoms with E-state index in [1.165, 1.54) is 5.56 Å². The predicted molar refractivity (Wildman–Crippen MR) is 123 cm³/mol. The number of carbonyl (C=O) groups excluding carboxylic acids is 1. The lowest BCUT2D eigenvalue weighted by Gasteiger charge is -2.27. The number of carbonyl (C=O) groups is 1. The van der Waals surface area contributed by atoms with Gasteiger partial charge in [-0.05, 0) is 43.2 Å². The van der Waals surface area contributed by atoms with Gasteiger partial charge in [0, 0.05) is 43.5 Å². The summed E-state index contributed by atoms with van der Waals surface area (Å²) in [6.45, 7) is 8.28. The zero-order chi connectivity index (χ0) is 22.1. The van der Waals surface area contributed by atoms with Crippen molar-refractivity contribution in [3.8, 4) is 0 Å². The quantitative estimate of drug-likeness (QED) is 0.619. The molecule has 3 heterocycles. The second-order valence-corrected chi connectivity index (χ2v) is 8.77. The zero-order valence-corrected chi connectivity index (χ0v) is 18.6. The van der Waals surface area contributed by atoms with Crippen LogP contribution in [0.5, 0.6) is 0 Å². The number of anilines is 1. The van der Waals surface area contributed by atoms with E-state index >= 15 is 0 Å². The monoisotopic (exact) mass is 431 g/mol. The summed E-state index contributed by atoms with van der Waals surface area (Å²) >= 11 is 0. The van der Waals surface area contributed by atoms with Crippen molar-refractivity contribution < 1.29 is 9.53 Å². The van der Waals surface area contributed by atoms with Crippen molar-refractivity contribution in [3.05, 3.63) is 77.4 Å². The van der Waals surface area contributed by atoms with Gasteiger partial charge in [0.25, 0.3) is 5.91 Å². The lowest BCUT2D eigenvalue weighted by atomic mass is 9.98. The van der Waals surface area contributed by atoms with E-state index in [0.717, 1.165) is 35.7 Å². The summed E-state index contributed by atoms with van der Waals surface area (Å²) in [5, 5.41) is 4.76. The minimum atomic E-state index is 0.0335. The number of amides is 1. The van der Waals surface area contributed by atoms with Crippen LogP contribution in [0.2, 0.25) is 0 Å². The molecule has 0 unspecified atom stereocenters. The third-order valence-electron chi connectivity index (χ3n) is 6.28. The molecule has 32 heavy (non-hydrogen) atoms. The standard InChI is InChI=1S/C25H29N5O2/c1-18(2)30-17-26-24(27-30)22-16-29(15-19-6-4-3-5-7-19)23-9-8-20(14-21(22)23)25(31)28-10-12-32-13-11-28/h3-9,14,17-18,22H,10-13,15-16H2,1-2H3/t22-/m0/s1. The van der Waals surface area contributed by atoms with Gasteiger partial charge in [-0.25, -0.2) is 4.98 Å². The van der Waals surface area contributed by atoms with E-state index in [9.17, 15) is 4.79 Å². The molecule has 0 saturated carbocycles. The van der Waals surface area contributed by atoms with Crippen molar-refractivity contribution in [1.82, 2.24) is 19.7 Å². The molecule has 0 spiro atoms. The number of benzene rings is 2. The molecule has 2 aliphatic rings. The molecule has 1 aromatic heterocycles. The molecule has 5 rings (SSSR count). The number of fused-ring (bicyclic) bond motifs is 1. The molecule has 0 radical (unpaired) electrons. The van der Waals surface area contributed by atoms with Gasteiger partial charge in [0.2, 0.25) is 0 Å². The first kappa shape index (κ1) is 20.7. The highest BCUT2D eigenvalue weighted by atomic mass is 16.5. The van der Waals surface area contributed by atoms with Gasteiger partial charge in [0.15, 0.2) is 5.82 Å². The van der Waals surface area contributed by atoms with Crippen LogP contribution in [0.1, 0.15) is 53.1 Å². The first-order valence-corrected chi connectivity index (χ1v) is 11.3. The van der Waals surface area contributed by atoms with Gasteiger partial charge < -0.3 is 14.5 Å². The Kier molecular flexibility index (Phi) is 5.66. The second-order valence-electron chi connectivity index (χ2n) is 8.77. The van der Waals surface area contributed by atoms with Gasteiger partial charge >= 0.3 is 0 Å². The summed E-state index contributed by atoms with van der Waals surface area (Å²) in [6, 6.07) is 16.8. The Hall–Kier alpha value is -3.19. The Labute approximate surface area is 188 Å². The number of hydrogen-bond donors (Lipinski definition) is 0. The Morgan fingerprint density at radius 2 is 1.91 bits per heavy atom. The van der Waals surface area contributed by atoms with Crippen molar-refractivity contribution in [2.75, 3.05) is 37.7 Å². The lowest BCUT2D eigenvalue weighted by molar-refractivity contribution is 0.0303. The van der Waals surface area contributed by atoms with Crippen molar-refractivity contribution in [2.24, 2.45) is 0 Å². The van der Waals surface area contributed by atoms with Gasteiger partial charge in [0.1, 0.15) is 6.33 Å². The normalized spacial score (nSPS) is 18.3. The molecule has 2 aliphatic heterocycles. The predicted octanol–water partition coefficient (Wildman–Crippen LogP) is 3.48. The maximum Gasteiger partial charge on any atom is 0.254 e. The third kappa shape index (κ3) is 4.00. The summed E-state index contributed by atoms with van der Waals surface area (Å²) in [4.78, 5) is 22.0. The maximum atomic E-state index is 13.1. The molecule has 0 bridgehead atoms. The van der Waals surface area contributed by atoms with Crippen LogP contribution in [0, 0.1) is 0 Å². The van der Waals surface area contributed by atoms with Crippen LogP contribution >= 0.6 is 0 Å². The fraction of sp³-hybridized carbons (Fsp3) is 0.400. The van der Waals surface area contributed by atoms with Gasteiger partial charge in [-0.15, -0.1) is 0 Å². The Morgan fingerprint density at radius 1 is 1.12 bits per heavy atom. The zero-order valence-electron chi connectivity index (χ0n) is 18.6. The molecule has 166 valence electrons. The van der Waals surface area contributed by atoms with Crippen LogP contribution in [0.3, 0.4) is 0 Å². The molecule has 0 aliphatic carbocycles. The summed E-state index contributed by atoms with van der Waals surface area (Å²) < 4.78 is 7.31. The van der Waals surface area contributed by atoms with Crippen molar-refractivity contribution >= 4 is 11.6 Å². The van der Waals surface area contributed by atoms with Gasteiger partial charge in [-0.3, -0.25) is 9.48 Å². The lowest BCUT2D eigenvalue weighted by Crippen LogP contribution is -2.40. The van der Waals surface area contributed by atoms with Crippen LogP contribution in [0.25, 0.3) is 0 Å². The number of aromatic nitrogens is 3. The van der Waals surface area contributed by atoms with Gasteiger partial charge in [-0.1, -0.05) is 30.3 Å².